The highest BCUT2D eigenvalue weighted by molar-refractivity contribution is 7.99. The van der Waals surface area contributed by atoms with E-state index in [1.54, 1.807) is 11.8 Å². The van der Waals surface area contributed by atoms with Gasteiger partial charge in [-0.3, -0.25) is 10.1 Å². The van der Waals surface area contributed by atoms with Gasteiger partial charge in [0.05, 0.1) is 12.1 Å². The first-order valence-electron chi connectivity index (χ1n) is 6.39. The summed E-state index contributed by atoms with van der Waals surface area (Å²) in [6, 6.07) is -0.0515. The van der Waals surface area contributed by atoms with Gasteiger partial charge in [-0.05, 0) is 12.8 Å². The fraction of sp³-hybridized carbons (Fsp3) is 0.917. The van der Waals surface area contributed by atoms with Crippen molar-refractivity contribution in [2.24, 2.45) is 5.41 Å². The van der Waals surface area contributed by atoms with Crippen molar-refractivity contribution in [2.45, 2.75) is 44.8 Å². The summed E-state index contributed by atoms with van der Waals surface area (Å²) in [5.74, 6) is 1.79. The molecule has 2 fully saturated rings. The number of nitrogens with one attached hydrogen (secondary N) is 2. The summed E-state index contributed by atoms with van der Waals surface area (Å²) >= 11 is 1.75. The summed E-state index contributed by atoms with van der Waals surface area (Å²) in [7, 11) is 0. The molecule has 0 aromatic carbocycles. The van der Waals surface area contributed by atoms with Gasteiger partial charge in [-0.2, -0.15) is 0 Å². The van der Waals surface area contributed by atoms with Gasteiger partial charge < -0.3 is 10.4 Å². The lowest BCUT2D eigenvalue weighted by molar-refractivity contribution is -0.123. The first kappa shape index (κ1) is 13.2. The Bertz CT molecular complexity index is 282. The summed E-state index contributed by atoms with van der Waals surface area (Å²) in [6.45, 7) is 2.67. The Morgan fingerprint density at radius 1 is 1.59 bits per heavy atom. The van der Waals surface area contributed by atoms with Crippen molar-refractivity contribution in [2.75, 3.05) is 18.2 Å². The van der Waals surface area contributed by atoms with Crippen LogP contribution in [0.25, 0.3) is 0 Å². The van der Waals surface area contributed by atoms with Gasteiger partial charge in [-0.1, -0.05) is 19.8 Å². The van der Waals surface area contributed by atoms with Gasteiger partial charge in [0.1, 0.15) is 0 Å². The number of carbonyl (C=O) groups excluding carboxylic acids is 1. The van der Waals surface area contributed by atoms with Crippen LogP contribution in [0.1, 0.15) is 32.6 Å². The minimum absolute atomic E-state index is 0.0515. The fourth-order valence-corrected chi connectivity index (χ4v) is 3.51. The lowest BCUT2D eigenvalue weighted by Crippen LogP contribution is -2.49. The molecule has 98 valence electrons. The second-order valence-corrected chi connectivity index (χ2v) is 6.44. The minimum Gasteiger partial charge on any atom is -0.392 e. The molecule has 1 amide bonds. The van der Waals surface area contributed by atoms with Crippen LogP contribution in [0.15, 0.2) is 0 Å². The zero-order valence-electron chi connectivity index (χ0n) is 10.4. The third-order valence-corrected chi connectivity index (χ3v) is 4.92. The van der Waals surface area contributed by atoms with Gasteiger partial charge in [0.2, 0.25) is 5.91 Å². The molecule has 3 atom stereocenters. The Kier molecular flexibility index (Phi) is 4.33. The Balaban J connectivity index is 1.81. The first-order valence-corrected chi connectivity index (χ1v) is 7.54. The van der Waals surface area contributed by atoms with Crippen LogP contribution in [-0.4, -0.2) is 41.3 Å². The smallest absolute Gasteiger partial charge is 0.238 e. The molecule has 0 aromatic rings. The van der Waals surface area contributed by atoms with Crippen LogP contribution in [-0.2, 0) is 4.79 Å². The van der Waals surface area contributed by atoms with Gasteiger partial charge in [0.15, 0.2) is 0 Å². The molecule has 17 heavy (non-hydrogen) atoms. The maximum absolute atomic E-state index is 11.9. The predicted molar refractivity (Wildman–Crippen MR) is 69.8 cm³/mol. The number of aliphatic hydroxyl groups is 1. The van der Waals surface area contributed by atoms with E-state index in [-0.39, 0.29) is 23.5 Å². The molecule has 2 aliphatic rings. The average Bonchev–Trinajstić information content (AvgIpc) is 2.84. The molecule has 0 radical (unpaired) electrons. The average molecular weight is 258 g/mol. The van der Waals surface area contributed by atoms with Crippen LogP contribution in [0, 0.1) is 5.41 Å². The summed E-state index contributed by atoms with van der Waals surface area (Å²) < 4.78 is 0. The highest BCUT2D eigenvalue weighted by Crippen LogP contribution is 2.35. The van der Waals surface area contributed by atoms with E-state index in [1.807, 2.05) is 0 Å². The van der Waals surface area contributed by atoms with E-state index in [2.05, 4.69) is 17.6 Å². The van der Waals surface area contributed by atoms with Crippen LogP contribution in [0.4, 0.5) is 0 Å². The van der Waals surface area contributed by atoms with Crippen LogP contribution >= 0.6 is 11.8 Å². The van der Waals surface area contributed by atoms with Crippen LogP contribution in [0.5, 0.6) is 0 Å². The van der Waals surface area contributed by atoms with Crippen LogP contribution < -0.4 is 10.6 Å². The topological polar surface area (TPSA) is 61.4 Å². The SMILES string of the molecule is C[C@]1(CNC(=O)[C@H]2CSCN2)CCCC[C@H]1O. The van der Waals surface area contributed by atoms with E-state index < -0.39 is 0 Å². The number of carbonyl (C=O) groups is 1. The summed E-state index contributed by atoms with van der Waals surface area (Å²) in [6.07, 6.45) is 3.85. The molecule has 1 aliphatic heterocycles. The number of hydrogen-bond donors (Lipinski definition) is 3. The van der Waals surface area contributed by atoms with Gasteiger partial charge in [-0.25, -0.2) is 0 Å². The molecule has 0 unspecified atom stereocenters. The zero-order chi connectivity index (χ0) is 12.3. The van der Waals surface area contributed by atoms with Crippen LogP contribution in [0.3, 0.4) is 0 Å². The molecule has 0 aromatic heterocycles. The fourth-order valence-electron chi connectivity index (χ4n) is 2.56. The number of thioether (sulfide) groups is 1. The third kappa shape index (κ3) is 3.14. The van der Waals surface area contributed by atoms with Crippen molar-refractivity contribution < 1.29 is 9.90 Å². The van der Waals surface area contributed by atoms with E-state index in [0.717, 1.165) is 37.3 Å². The Hall–Kier alpha value is -0.260. The van der Waals surface area contributed by atoms with E-state index >= 15 is 0 Å². The maximum Gasteiger partial charge on any atom is 0.238 e. The van der Waals surface area contributed by atoms with Crippen LogP contribution in [0.2, 0.25) is 0 Å². The number of hydrogen-bond acceptors (Lipinski definition) is 4. The molecule has 1 heterocycles. The molecule has 2 rings (SSSR count). The highest BCUT2D eigenvalue weighted by Gasteiger charge is 2.36. The number of amides is 1. The molecule has 1 aliphatic carbocycles. The predicted octanol–water partition coefficient (Wildman–Crippen LogP) is 0.706. The Labute approximate surface area is 107 Å². The molecule has 3 N–H and O–H groups in total. The standard InChI is InChI=1S/C12H22N2O2S/c1-12(5-3-2-4-10(12)15)7-13-11(16)9-6-17-8-14-9/h9-10,14-15H,2-8H2,1H3,(H,13,16)/t9-,10-,12-/m1/s1. The van der Waals surface area contributed by atoms with Crippen molar-refractivity contribution >= 4 is 17.7 Å². The zero-order valence-corrected chi connectivity index (χ0v) is 11.2. The van der Waals surface area contributed by atoms with Crippen molar-refractivity contribution in [1.29, 1.82) is 0 Å². The van der Waals surface area contributed by atoms with Crippen molar-refractivity contribution in [3.63, 3.8) is 0 Å². The molecule has 1 saturated carbocycles. The van der Waals surface area contributed by atoms with Gasteiger partial charge >= 0.3 is 0 Å². The molecular weight excluding hydrogens is 236 g/mol. The third-order valence-electron chi connectivity index (χ3n) is 3.98. The Morgan fingerprint density at radius 2 is 2.41 bits per heavy atom. The summed E-state index contributed by atoms with van der Waals surface area (Å²) in [5, 5.41) is 16.2. The van der Waals surface area contributed by atoms with E-state index in [1.165, 1.54) is 0 Å². The normalized spacial score (nSPS) is 38.0. The summed E-state index contributed by atoms with van der Waals surface area (Å²) in [4.78, 5) is 11.9. The second-order valence-electron chi connectivity index (χ2n) is 5.41. The van der Waals surface area contributed by atoms with Crippen molar-refractivity contribution in [3.05, 3.63) is 0 Å². The van der Waals surface area contributed by atoms with Gasteiger partial charge in [0, 0.05) is 23.6 Å². The van der Waals surface area contributed by atoms with Gasteiger partial charge in [-0.15, -0.1) is 11.8 Å². The second kappa shape index (κ2) is 5.59. The van der Waals surface area contributed by atoms with E-state index in [0.29, 0.717) is 6.54 Å². The lowest BCUT2D eigenvalue weighted by Gasteiger charge is -2.38. The highest BCUT2D eigenvalue weighted by atomic mass is 32.2. The molecule has 4 nitrogen and oxygen atoms in total. The molecule has 1 saturated heterocycles. The minimum atomic E-state index is -0.275. The van der Waals surface area contributed by atoms with E-state index in [4.69, 9.17) is 0 Å². The molecule has 0 spiro atoms. The molecular formula is C12H22N2O2S. The molecule has 5 heteroatoms. The van der Waals surface area contributed by atoms with Crippen molar-refractivity contribution in [3.8, 4) is 0 Å². The monoisotopic (exact) mass is 258 g/mol. The van der Waals surface area contributed by atoms with Gasteiger partial charge in [0.25, 0.3) is 0 Å². The van der Waals surface area contributed by atoms with Crippen molar-refractivity contribution in [1.82, 2.24) is 10.6 Å². The maximum atomic E-state index is 11.9. The largest absolute Gasteiger partial charge is 0.392 e. The lowest BCUT2D eigenvalue weighted by atomic mass is 9.73. The number of rotatable bonds is 3. The Morgan fingerprint density at radius 3 is 3.06 bits per heavy atom. The first-order chi connectivity index (χ1) is 8.12. The molecule has 0 bridgehead atoms. The quantitative estimate of drug-likeness (QED) is 0.697. The summed E-state index contributed by atoms with van der Waals surface area (Å²) in [5.41, 5.74) is -0.139. The number of aliphatic hydroxyl groups excluding tert-OH is 1. The van der Waals surface area contributed by atoms with E-state index in [9.17, 15) is 9.90 Å².